The monoisotopic (exact) mass is 210 g/mol. The van der Waals surface area contributed by atoms with Gasteiger partial charge >= 0.3 is 0 Å². The molecule has 0 amide bonds. The van der Waals surface area contributed by atoms with E-state index in [-0.39, 0.29) is 0 Å². The van der Waals surface area contributed by atoms with Crippen LogP contribution < -0.4 is 0 Å². The summed E-state index contributed by atoms with van der Waals surface area (Å²) in [6.45, 7) is 9.56. The van der Waals surface area contributed by atoms with Crippen LogP contribution in [0.2, 0.25) is 0 Å². The first kappa shape index (κ1) is 11.4. The molecule has 1 heterocycles. The van der Waals surface area contributed by atoms with Crippen LogP contribution in [0, 0.1) is 0 Å². The van der Waals surface area contributed by atoms with Gasteiger partial charge in [-0.3, -0.25) is 4.90 Å². The predicted molar refractivity (Wildman–Crippen MR) is 65.1 cm³/mol. The summed E-state index contributed by atoms with van der Waals surface area (Å²) in [5.41, 5.74) is 0.364. The number of rotatable bonds is 2. The standard InChI is InChI=1S/C13H26N2/c1-13(2,3)15-9-7-12(8-10-15)14(4)11-5-6-11/h11-12H,5-10H2,1-4H3. The normalized spacial score (nSPS) is 26.2. The summed E-state index contributed by atoms with van der Waals surface area (Å²) in [5.74, 6) is 0. The molecule has 2 heteroatoms. The highest BCUT2D eigenvalue weighted by molar-refractivity contribution is 4.90. The van der Waals surface area contributed by atoms with E-state index in [1.165, 1.54) is 38.8 Å². The Morgan fingerprint density at radius 3 is 1.80 bits per heavy atom. The van der Waals surface area contributed by atoms with Crippen molar-refractivity contribution >= 4 is 0 Å². The molecular formula is C13H26N2. The predicted octanol–water partition coefficient (Wildman–Crippen LogP) is 2.34. The molecule has 1 aliphatic carbocycles. The van der Waals surface area contributed by atoms with Gasteiger partial charge in [0.15, 0.2) is 0 Å². The minimum absolute atomic E-state index is 0.364. The molecule has 2 nitrogen and oxygen atoms in total. The van der Waals surface area contributed by atoms with E-state index in [4.69, 9.17) is 0 Å². The molecule has 1 saturated carbocycles. The largest absolute Gasteiger partial charge is 0.300 e. The fourth-order valence-corrected chi connectivity index (χ4v) is 2.72. The van der Waals surface area contributed by atoms with Crippen LogP contribution in [0.5, 0.6) is 0 Å². The lowest BCUT2D eigenvalue weighted by atomic mass is 9.97. The zero-order chi connectivity index (χ0) is 11.1. The van der Waals surface area contributed by atoms with Crippen molar-refractivity contribution in [3.05, 3.63) is 0 Å². The van der Waals surface area contributed by atoms with Gasteiger partial charge < -0.3 is 4.90 Å². The number of hydrogen-bond acceptors (Lipinski definition) is 2. The fraction of sp³-hybridized carbons (Fsp3) is 1.00. The average molecular weight is 210 g/mol. The smallest absolute Gasteiger partial charge is 0.0125 e. The number of likely N-dealkylation sites (tertiary alicyclic amines) is 1. The average Bonchev–Trinajstić information content (AvgIpc) is 2.99. The van der Waals surface area contributed by atoms with Crippen LogP contribution >= 0.6 is 0 Å². The fourth-order valence-electron chi connectivity index (χ4n) is 2.72. The molecule has 0 N–H and O–H groups in total. The molecule has 2 aliphatic rings. The molecule has 1 saturated heterocycles. The van der Waals surface area contributed by atoms with Gasteiger partial charge in [-0.15, -0.1) is 0 Å². The van der Waals surface area contributed by atoms with Crippen molar-refractivity contribution in [1.29, 1.82) is 0 Å². The van der Waals surface area contributed by atoms with E-state index in [2.05, 4.69) is 37.6 Å². The minimum Gasteiger partial charge on any atom is -0.300 e. The van der Waals surface area contributed by atoms with Crippen LogP contribution in [-0.4, -0.2) is 47.6 Å². The lowest BCUT2D eigenvalue weighted by Gasteiger charge is -2.43. The highest BCUT2D eigenvalue weighted by atomic mass is 15.2. The highest BCUT2D eigenvalue weighted by Gasteiger charge is 2.34. The summed E-state index contributed by atoms with van der Waals surface area (Å²) in [5, 5.41) is 0. The second-order valence-electron chi connectivity index (χ2n) is 6.29. The molecule has 0 aromatic rings. The Hall–Kier alpha value is -0.0800. The number of nitrogens with zero attached hydrogens (tertiary/aromatic N) is 2. The summed E-state index contributed by atoms with van der Waals surface area (Å²) < 4.78 is 0. The molecule has 1 aliphatic heterocycles. The molecule has 2 fully saturated rings. The molecule has 0 radical (unpaired) electrons. The van der Waals surface area contributed by atoms with Crippen molar-refractivity contribution < 1.29 is 0 Å². The van der Waals surface area contributed by atoms with Crippen LogP contribution in [0.25, 0.3) is 0 Å². The molecule has 0 aromatic heterocycles. The Labute approximate surface area is 94.6 Å². The Balaban J connectivity index is 1.81. The summed E-state index contributed by atoms with van der Waals surface area (Å²) in [7, 11) is 2.33. The van der Waals surface area contributed by atoms with E-state index in [0.29, 0.717) is 5.54 Å². The maximum Gasteiger partial charge on any atom is 0.0125 e. The van der Waals surface area contributed by atoms with E-state index in [9.17, 15) is 0 Å². The Bertz CT molecular complexity index is 207. The first-order valence-electron chi connectivity index (χ1n) is 6.45. The Kier molecular flexibility index (Phi) is 3.09. The lowest BCUT2D eigenvalue weighted by Crippen LogP contribution is -2.50. The van der Waals surface area contributed by atoms with Crippen LogP contribution in [-0.2, 0) is 0 Å². The van der Waals surface area contributed by atoms with E-state index in [1.54, 1.807) is 0 Å². The summed E-state index contributed by atoms with van der Waals surface area (Å²) in [6.07, 6.45) is 5.61. The third-order valence-electron chi connectivity index (χ3n) is 4.11. The molecule has 2 rings (SSSR count). The first-order chi connectivity index (χ1) is 6.98. The Morgan fingerprint density at radius 2 is 1.40 bits per heavy atom. The molecule has 0 aromatic carbocycles. The van der Waals surface area contributed by atoms with Gasteiger partial charge in [-0.25, -0.2) is 0 Å². The minimum atomic E-state index is 0.364. The topological polar surface area (TPSA) is 6.48 Å². The van der Waals surface area contributed by atoms with Crippen molar-refractivity contribution in [2.45, 2.75) is 64.1 Å². The van der Waals surface area contributed by atoms with Crippen LogP contribution in [0.3, 0.4) is 0 Å². The van der Waals surface area contributed by atoms with Gasteiger partial charge in [0.05, 0.1) is 0 Å². The van der Waals surface area contributed by atoms with E-state index in [1.807, 2.05) is 0 Å². The maximum absolute atomic E-state index is 2.64. The molecule has 0 bridgehead atoms. The zero-order valence-corrected chi connectivity index (χ0v) is 10.8. The molecular weight excluding hydrogens is 184 g/mol. The van der Waals surface area contributed by atoms with Gasteiger partial charge in [-0.2, -0.15) is 0 Å². The van der Waals surface area contributed by atoms with Gasteiger partial charge in [-0.05, 0) is 53.5 Å². The molecule has 88 valence electrons. The van der Waals surface area contributed by atoms with Gasteiger partial charge in [-0.1, -0.05) is 0 Å². The van der Waals surface area contributed by atoms with Crippen molar-refractivity contribution in [2.24, 2.45) is 0 Å². The molecule has 0 spiro atoms. The number of hydrogen-bond donors (Lipinski definition) is 0. The van der Waals surface area contributed by atoms with E-state index >= 15 is 0 Å². The lowest BCUT2D eigenvalue weighted by molar-refractivity contribution is 0.0631. The van der Waals surface area contributed by atoms with Gasteiger partial charge in [0, 0.05) is 30.7 Å². The van der Waals surface area contributed by atoms with Crippen molar-refractivity contribution in [2.75, 3.05) is 20.1 Å². The van der Waals surface area contributed by atoms with Crippen molar-refractivity contribution in [3.63, 3.8) is 0 Å². The third kappa shape index (κ3) is 2.73. The Morgan fingerprint density at radius 1 is 0.933 bits per heavy atom. The maximum atomic E-state index is 2.64. The van der Waals surface area contributed by atoms with Crippen molar-refractivity contribution in [1.82, 2.24) is 9.80 Å². The van der Waals surface area contributed by atoms with Crippen LogP contribution in [0.15, 0.2) is 0 Å². The van der Waals surface area contributed by atoms with Crippen molar-refractivity contribution in [3.8, 4) is 0 Å². The SMILES string of the molecule is CN(C1CC1)C1CCN(C(C)(C)C)CC1. The molecule has 0 atom stereocenters. The van der Waals surface area contributed by atoms with Gasteiger partial charge in [0.25, 0.3) is 0 Å². The quantitative estimate of drug-likeness (QED) is 0.690. The zero-order valence-electron chi connectivity index (χ0n) is 10.8. The third-order valence-corrected chi connectivity index (χ3v) is 4.11. The molecule has 15 heavy (non-hydrogen) atoms. The van der Waals surface area contributed by atoms with Gasteiger partial charge in [0.1, 0.15) is 0 Å². The highest BCUT2D eigenvalue weighted by Crippen LogP contribution is 2.31. The van der Waals surface area contributed by atoms with E-state index in [0.717, 1.165) is 12.1 Å². The van der Waals surface area contributed by atoms with E-state index < -0.39 is 0 Å². The second kappa shape index (κ2) is 4.06. The molecule has 0 unspecified atom stereocenters. The van der Waals surface area contributed by atoms with Crippen LogP contribution in [0.4, 0.5) is 0 Å². The summed E-state index contributed by atoms with van der Waals surface area (Å²) >= 11 is 0. The van der Waals surface area contributed by atoms with Gasteiger partial charge in [0.2, 0.25) is 0 Å². The van der Waals surface area contributed by atoms with Crippen LogP contribution in [0.1, 0.15) is 46.5 Å². The summed E-state index contributed by atoms with van der Waals surface area (Å²) in [6, 6.07) is 1.78. The second-order valence-corrected chi connectivity index (χ2v) is 6.29. The summed E-state index contributed by atoms with van der Waals surface area (Å²) in [4.78, 5) is 5.27. The first-order valence-corrected chi connectivity index (χ1v) is 6.45. The number of piperidine rings is 1.